The zero-order valence-corrected chi connectivity index (χ0v) is 12.4. The molecule has 0 bridgehead atoms. The van der Waals surface area contributed by atoms with Crippen molar-refractivity contribution in [3.8, 4) is 5.69 Å². The third kappa shape index (κ3) is 2.46. The van der Waals surface area contributed by atoms with Crippen LogP contribution in [0.2, 0.25) is 0 Å². The van der Waals surface area contributed by atoms with Crippen LogP contribution < -0.4 is 10.9 Å². The lowest BCUT2D eigenvalue weighted by Crippen LogP contribution is -2.12. The van der Waals surface area contributed by atoms with Gasteiger partial charge in [0.25, 0.3) is 5.56 Å². The van der Waals surface area contributed by atoms with Gasteiger partial charge in [0.2, 0.25) is 10.1 Å². The number of para-hydroxylation sites is 1. The van der Waals surface area contributed by atoms with E-state index in [1.807, 2.05) is 0 Å². The van der Waals surface area contributed by atoms with Gasteiger partial charge in [0.15, 0.2) is 0 Å². The molecule has 0 saturated heterocycles. The normalized spacial score (nSPS) is 11.0. The predicted molar refractivity (Wildman–Crippen MR) is 83.9 cm³/mol. The molecule has 7 nitrogen and oxygen atoms in total. The van der Waals surface area contributed by atoms with E-state index in [-0.39, 0.29) is 11.4 Å². The number of benzene rings is 1. The molecule has 0 aliphatic heterocycles. The van der Waals surface area contributed by atoms with Gasteiger partial charge in [-0.1, -0.05) is 23.5 Å². The first-order valence-corrected chi connectivity index (χ1v) is 7.44. The van der Waals surface area contributed by atoms with Crippen LogP contribution in [0.4, 0.5) is 15.2 Å². The zero-order valence-electron chi connectivity index (χ0n) is 11.5. The Kier molecular flexibility index (Phi) is 3.12. The molecule has 1 N–H and O–H groups in total. The van der Waals surface area contributed by atoms with E-state index in [1.165, 1.54) is 38.9 Å². The van der Waals surface area contributed by atoms with E-state index in [0.29, 0.717) is 21.5 Å². The minimum absolute atomic E-state index is 0.249. The van der Waals surface area contributed by atoms with Crippen LogP contribution in [0.5, 0.6) is 0 Å². The summed E-state index contributed by atoms with van der Waals surface area (Å²) in [5.74, 6) is -0.363. The van der Waals surface area contributed by atoms with Gasteiger partial charge in [0.1, 0.15) is 11.5 Å². The van der Waals surface area contributed by atoms with Gasteiger partial charge < -0.3 is 5.32 Å². The van der Waals surface area contributed by atoms with Gasteiger partial charge in [-0.2, -0.15) is 9.61 Å². The fraction of sp³-hybridized carbons (Fsp3) is 0. The van der Waals surface area contributed by atoms with E-state index in [1.54, 1.807) is 30.6 Å². The van der Waals surface area contributed by atoms with Gasteiger partial charge >= 0.3 is 0 Å². The SMILES string of the molecule is O=c1ccnc2sc(Nc3cnn(-c4ccccc4F)c3)nn12. The molecule has 4 aromatic rings. The number of rotatable bonds is 3. The van der Waals surface area contributed by atoms with Crippen molar-refractivity contribution in [2.45, 2.75) is 0 Å². The first kappa shape index (κ1) is 13.6. The van der Waals surface area contributed by atoms with Crippen LogP contribution >= 0.6 is 11.3 Å². The highest BCUT2D eigenvalue weighted by Crippen LogP contribution is 2.22. The number of hydrogen-bond acceptors (Lipinski definition) is 6. The molecule has 0 spiro atoms. The fourth-order valence-corrected chi connectivity index (χ4v) is 2.87. The van der Waals surface area contributed by atoms with Gasteiger partial charge in [-0.25, -0.2) is 14.1 Å². The monoisotopic (exact) mass is 328 g/mol. The number of fused-ring (bicyclic) bond motifs is 1. The van der Waals surface area contributed by atoms with Crippen LogP contribution in [0.1, 0.15) is 0 Å². The molecule has 9 heteroatoms. The van der Waals surface area contributed by atoms with Crippen molar-refractivity contribution in [1.82, 2.24) is 24.4 Å². The van der Waals surface area contributed by atoms with Crippen LogP contribution in [0.25, 0.3) is 10.6 Å². The summed E-state index contributed by atoms with van der Waals surface area (Å²) in [4.78, 5) is 16.2. The number of anilines is 2. The molecular weight excluding hydrogens is 319 g/mol. The summed E-state index contributed by atoms with van der Waals surface area (Å²) in [5, 5.41) is 11.8. The Labute approximate surface area is 132 Å². The van der Waals surface area contributed by atoms with Gasteiger partial charge in [-0.05, 0) is 12.1 Å². The lowest BCUT2D eigenvalue weighted by Gasteiger charge is -2.01. The average molecular weight is 328 g/mol. The summed E-state index contributed by atoms with van der Waals surface area (Å²) >= 11 is 1.23. The largest absolute Gasteiger partial charge is 0.327 e. The number of nitrogens with one attached hydrogen (secondary N) is 1. The fourth-order valence-electron chi connectivity index (χ4n) is 2.07. The van der Waals surface area contributed by atoms with Gasteiger partial charge in [0, 0.05) is 12.3 Å². The van der Waals surface area contributed by atoms with E-state index < -0.39 is 0 Å². The third-order valence-corrected chi connectivity index (χ3v) is 3.94. The Morgan fingerprint density at radius 1 is 1.22 bits per heavy atom. The van der Waals surface area contributed by atoms with Crippen molar-refractivity contribution in [3.05, 3.63) is 65.1 Å². The second-order valence-electron chi connectivity index (χ2n) is 4.63. The molecule has 0 fully saturated rings. The Bertz CT molecular complexity index is 1050. The molecule has 0 aliphatic rings. The molecule has 3 heterocycles. The molecule has 0 saturated carbocycles. The standard InChI is InChI=1S/C14H9FN6OS/c15-10-3-1-2-4-11(10)20-8-9(7-17-20)18-13-19-21-12(22)5-6-16-14(21)23-13/h1-8H,(H,18,19). The predicted octanol–water partition coefficient (Wildman–Crippen LogP) is 2.22. The minimum atomic E-state index is -0.363. The third-order valence-electron chi connectivity index (χ3n) is 3.10. The summed E-state index contributed by atoms with van der Waals surface area (Å²) in [6.07, 6.45) is 4.63. The topological polar surface area (TPSA) is 77.1 Å². The lowest BCUT2D eigenvalue weighted by atomic mass is 10.3. The number of halogens is 1. The number of hydrogen-bond donors (Lipinski definition) is 1. The second-order valence-corrected chi connectivity index (χ2v) is 5.59. The summed E-state index contributed by atoms with van der Waals surface area (Å²) in [7, 11) is 0. The van der Waals surface area contributed by atoms with Crippen LogP contribution in [0.15, 0.2) is 53.7 Å². The minimum Gasteiger partial charge on any atom is -0.327 e. The molecule has 0 atom stereocenters. The van der Waals surface area contributed by atoms with E-state index in [2.05, 4.69) is 20.5 Å². The first-order valence-electron chi connectivity index (χ1n) is 6.62. The van der Waals surface area contributed by atoms with Crippen molar-refractivity contribution in [3.63, 3.8) is 0 Å². The van der Waals surface area contributed by atoms with E-state index in [9.17, 15) is 9.18 Å². The molecule has 0 radical (unpaired) electrons. The Hall–Kier alpha value is -3.07. The molecule has 23 heavy (non-hydrogen) atoms. The molecule has 1 aromatic carbocycles. The zero-order chi connectivity index (χ0) is 15.8. The summed E-state index contributed by atoms with van der Waals surface area (Å²) in [6, 6.07) is 7.70. The highest BCUT2D eigenvalue weighted by molar-refractivity contribution is 7.20. The Morgan fingerprint density at radius 2 is 2.09 bits per heavy atom. The Balaban J connectivity index is 1.66. The molecule has 0 amide bonds. The molecule has 0 unspecified atom stereocenters. The van der Waals surface area contributed by atoms with E-state index in [0.717, 1.165) is 0 Å². The van der Waals surface area contributed by atoms with Crippen LogP contribution in [-0.4, -0.2) is 24.4 Å². The molecule has 0 aliphatic carbocycles. The first-order chi connectivity index (χ1) is 11.2. The smallest absolute Gasteiger partial charge is 0.275 e. The quantitative estimate of drug-likeness (QED) is 0.624. The van der Waals surface area contributed by atoms with Gasteiger partial charge in [0.05, 0.1) is 18.1 Å². The van der Waals surface area contributed by atoms with Crippen LogP contribution in [-0.2, 0) is 0 Å². The number of nitrogens with zero attached hydrogens (tertiary/aromatic N) is 5. The summed E-state index contributed by atoms with van der Waals surface area (Å²) in [6.45, 7) is 0. The van der Waals surface area contributed by atoms with E-state index in [4.69, 9.17) is 0 Å². The van der Waals surface area contributed by atoms with Crippen molar-refractivity contribution in [2.75, 3.05) is 5.32 Å². The van der Waals surface area contributed by atoms with Crippen molar-refractivity contribution in [2.24, 2.45) is 0 Å². The maximum absolute atomic E-state index is 13.8. The van der Waals surface area contributed by atoms with Crippen LogP contribution in [0.3, 0.4) is 0 Å². The highest BCUT2D eigenvalue weighted by Gasteiger charge is 2.09. The molecule has 114 valence electrons. The van der Waals surface area contributed by atoms with Gasteiger partial charge in [-0.15, -0.1) is 5.10 Å². The Morgan fingerprint density at radius 3 is 2.91 bits per heavy atom. The maximum atomic E-state index is 13.8. The van der Waals surface area contributed by atoms with Crippen molar-refractivity contribution < 1.29 is 4.39 Å². The van der Waals surface area contributed by atoms with Crippen molar-refractivity contribution in [1.29, 1.82) is 0 Å². The lowest BCUT2D eigenvalue weighted by molar-refractivity contribution is 0.611. The summed E-state index contributed by atoms with van der Waals surface area (Å²) < 4.78 is 16.4. The maximum Gasteiger partial charge on any atom is 0.275 e. The molecule has 4 rings (SSSR count). The van der Waals surface area contributed by atoms with E-state index >= 15 is 0 Å². The summed E-state index contributed by atoms with van der Waals surface area (Å²) in [5.41, 5.74) is 0.726. The average Bonchev–Trinajstić information content (AvgIpc) is 3.16. The molecule has 3 aromatic heterocycles. The number of aromatic nitrogens is 5. The second kappa shape index (κ2) is 5.29. The highest BCUT2D eigenvalue weighted by atomic mass is 32.1. The van der Waals surface area contributed by atoms with Gasteiger partial charge in [-0.3, -0.25) is 4.79 Å². The van der Waals surface area contributed by atoms with Crippen LogP contribution in [0, 0.1) is 5.82 Å². The van der Waals surface area contributed by atoms with Crippen molar-refractivity contribution >= 4 is 27.1 Å². The molecular formula is C14H9FN6OS.